The summed E-state index contributed by atoms with van der Waals surface area (Å²) in [4.78, 5) is 25.7. The van der Waals surface area contributed by atoms with Crippen LogP contribution in [-0.4, -0.2) is 59.6 Å². The van der Waals surface area contributed by atoms with Gasteiger partial charge in [-0.05, 0) is 48.3 Å². The highest BCUT2D eigenvalue weighted by Crippen LogP contribution is 2.36. The summed E-state index contributed by atoms with van der Waals surface area (Å²) in [6, 6.07) is 5.13. The van der Waals surface area contributed by atoms with Gasteiger partial charge in [0.1, 0.15) is 30.3 Å². The molecule has 2 aliphatic rings. The van der Waals surface area contributed by atoms with Crippen LogP contribution < -0.4 is 15.4 Å². The first-order valence-corrected chi connectivity index (χ1v) is 14.2. The number of benzene rings is 1. The lowest BCUT2D eigenvalue weighted by Crippen LogP contribution is -2.36. The Morgan fingerprint density at radius 3 is 2.76 bits per heavy atom. The number of halogens is 3. The minimum atomic E-state index is -4.37. The molecule has 2 aromatic rings. The highest BCUT2D eigenvalue weighted by atomic mass is 32.2. The molecule has 1 aromatic heterocycles. The number of hydrogen-bond donors (Lipinski definition) is 2. The van der Waals surface area contributed by atoms with E-state index in [9.17, 15) is 22.8 Å². The number of carbonyl (C=O) groups is 2. The van der Waals surface area contributed by atoms with Crippen LogP contribution in [0.5, 0.6) is 5.75 Å². The van der Waals surface area contributed by atoms with Crippen molar-refractivity contribution in [2.24, 2.45) is 5.92 Å². The third-order valence-electron chi connectivity index (χ3n) is 6.57. The fourth-order valence-electron chi connectivity index (χ4n) is 4.58. The Hall–Kier alpha value is -2.73. The molecule has 1 atom stereocenters. The van der Waals surface area contributed by atoms with E-state index in [1.807, 2.05) is 25.3 Å². The molecule has 208 valence electrons. The van der Waals surface area contributed by atoms with Crippen LogP contribution in [0, 0.1) is 5.92 Å². The summed E-state index contributed by atoms with van der Waals surface area (Å²) in [7, 11) is 0. The van der Waals surface area contributed by atoms with Crippen molar-refractivity contribution < 1.29 is 32.2 Å². The van der Waals surface area contributed by atoms with Crippen LogP contribution in [0.3, 0.4) is 0 Å². The minimum absolute atomic E-state index is 0.00850. The summed E-state index contributed by atoms with van der Waals surface area (Å²) in [6.45, 7) is 1.13. The fourth-order valence-corrected chi connectivity index (χ4v) is 4.91. The maximum absolute atomic E-state index is 13.3. The molecule has 0 radical (unpaired) electrons. The van der Waals surface area contributed by atoms with Crippen molar-refractivity contribution in [1.29, 1.82) is 0 Å². The number of rotatable bonds is 13. The van der Waals surface area contributed by atoms with Crippen LogP contribution in [0.4, 0.5) is 19.0 Å². The highest BCUT2D eigenvalue weighted by Gasteiger charge is 2.34. The van der Waals surface area contributed by atoms with E-state index >= 15 is 0 Å². The molecule has 1 aliphatic carbocycles. The Morgan fingerprint density at radius 2 is 2.08 bits per heavy atom. The summed E-state index contributed by atoms with van der Waals surface area (Å²) in [5.41, 5.74) is 2.95. The van der Waals surface area contributed by atoms with Gasteiger partial charge in [0.15, 0.2) is 0 Å². The molecule has 8 nitrogen and oxygen atoms in total. The molecule has 0 spiro atoms. The number of nitrogens with one attached hydrogen (secondary N) is 2. The number of aromatic nitrogens is 2. The molecule has 12 heteroatoms. The smallest absolute Gasteiger partial charge is 0.411 e. The molecule has 2 amide bonds. The lowest BCUT2D eigenvalue weighted by Gasteiger charge is -2.26. The second-order valence-electron chi connectivity index (χ2n) is 9.57. The standard InChI is InChI=1S/C26H33F3N4O4S/c1-3-17-12-18(37-11-10-36-15-26(27,28)29)6-7-19(17)20-13-21-23(25(35)30-20)24(31-22(34)14-38-2)33(32-21)9-8-16-4-5-16/h6-7,12,16,20H,3-5,8-11,13-15H2,1-2H3,(H,30,35)(H,31,34). The molecule has 1 fully saturated rings. The summed E-state index contributed by atoms with van der Waals surface area (Å²) >= 11 is 1.41. The summed E-state index contributed by atoms with van der Waals surface area (Å²) in [5.74, 6) is 1.50. The van der Waals surface area contributed by atoms with Crippen molar-refractivity contribution in [3.63, 3.8) is 0 Å². The monoisotopic (exact) mass is 554 g/mol. The lowest BCUT2D eigenvalue weighted by molar-refractivity contribution is -0.175. The first kappa shape index (κ1) is 28.3. The van der Waals surface area contributed by atoms with Gasteiger partial charge in [-0.25, -0.2) is 4.68 Å². The van der Waals surface area contributed by atoms with Gasteiger partial charge < -0.3 is 20.1 Å². The molecule has 0 bridgehead atoms. The number of hydrogen-bond acceptors (Lipinski definition) is 6. The minimum Gasteiger partial charge on any atom is -0.491 e. The molecule has 4 rings (SSSR count). The van der Waals surface area contributed by atoms with Gasteiger partial charge in [0.2, 0.25) is 5.91 Å². The van der Waals surface area contributed by atoms with Gasteiger partial charge in [-0.1, -0.05) is 25.8 Å². The predicted molar refractivity (Wildman–Crippen MR) is 139 cm³/mol. The van der Waals surface area contributed by atoms with Gasteiger partial charge in [0.05, 0.1) is 24.1 Å². The second-order valence-corrected chi connectivity index (χ2v) is 10.4. The number of carbonyl (C=O) groups excluding carboxylic acids is 2. The summed E-state index contributed by atoms with van der Waals surface area (Å²) in [6.07, 6.45) is 1.99. The Bertz CT molecular complexity index is 1150. The van der Waals surface area contributed by atoms with E-state index in [0.717, 1.165) is 17.5 Å². The summed E-state index contributed by atoms with van der Waals surface area (Å²) in [5, 5.41) is 10.7. The van der Waals surface area contributed by atoms with E-state index in [-0.39, 0.29) is 36.8 Å². The molecule has 1 aliphatic heterocycles. The van der Waals surface area contributed by atoms with Gasteiger partial charge in [-0.3, -0.25) is 9.59 Å². The Balaban J connectivity index is 1.48. The average Bonchev–Trinajstić information content (AvgIpc) is 3.63. The largest absolute Gasteiger partial charge is 0.491 e. The number of alkyl halides is 3. The zero-order chi connectivity index (χ0) is 27.3. The van der Waals surface area contributed by atoms with Gasteiger partial charge in [0.25, 0.3) is 5.91 Å². The zero-order valence-corrected chi connectivity index (χ0v) is 22.3. The Kier molecular flexibility index (Phi) is 9.24. The molecule has 1 aromatic carbocycles. The molecule has 2 heterocycles. The average molecular weight is 555 g/mol. The third-order valence-corrected chi connectivity index (χ3v) is 7.12. The molecule has 38 heavy (non-hydrogen) atoms. The predicted octanol–water partition coefficient (Wildman–Crippen LogP) is 4.53. The molecule has 1 unspecified atom stereocenters. The molecule has 2 N–H and O–H groups in total. The lowest BCUT2D eigenvalue weighted by atomic mass is 9.91. The maximum Gasteiger partial charge on any atom is 0.411 e. The Labute approximate surface area is 224 Å². The molecule has 1 saturated carbocycles. The number of nitrogens with zero attached hydrogens (tertiary/aromatic N) is 2. The van der Waals surface area contributed by atoms with Gasteiger partial charge in [-0.2, -0.15) is 30.0 Å². The van der Waals surface area contributed by atoms with Crippen LogP contribution in [0.2, 0.25) is 0 Å². The quantitative estimate of drug-likeness (QED) is 0.354. The SMILES string of the molecule is CCc1cc(OCCOCC(F)(F)F)ccc1C1Cc2nn(CCC3CC3)c(NC(=O)CSC)c2C(=O)N1. The zero-order valence-electron chi connectivity index (χ0n) is 21.5. The molecular weight excluding hydrogens is 521 g/mol. The first-order valence-electron chi connectivity index (χ1n) is 12.8. The van der Waals surface area contributed by atoms with Crippen molar-refractivity contribution in [3.8, 4) is 5.75 Å². The fraction of sp³-hybridized carbons (Fsp3) is 0.577. The number of anilines is 1. The van der Waals surface area contributed by atoms with Crippen molar-refractivity contribution in [1.82, 2.24) is 15.1 Å². The van der Waals surface area contributed by atoms with E-state index in [2.05, 4.69) is 15.4 Å². The van der Waals surface area contributed by atoms with E-state index in [1.165, 1.54) is 24.6 Å². The van der Waals surface area contributed by atoms with Gasteiger partial charge in [-0.15, -0.1) is 0 Å². The topological polar surface area (TPSA) is 94.5 Å². The molecule has 0 saturated heterocycles. The van der Waals surface area contributed by atoms with Crippen LogP contribution in [0.15, 0.2) is 18.2 Å². The number of thioether (sulfide) groups is 1. The molecular formula is C26H33F3N4O4S. The Morgan fingerprint density at radius 1 is 1.29 bits per heavy atom. The van der Waals surface area contributed by atoms with E-state index in [0.29, 0.717) is 48.1 Å². The number of ether oxygens (including phenoxy) is 2. The van der Waals surface area contributed by atoms with Gasteiger partial charge in [0, 0.05) is 13.0 Å². The third kappa shape index (κ3) is 7.43. The van der Waals surface area contributed by atoms with E-state index in [4.69, 9.17) is 9.84 Å². The number of fused-ring (bicyclic) bond motifs is 1. The van der Waals surface area contributed by atoms with Crippen LogP contribution in [0.25, 0.3) is 0 Å². The van der Waals surface area contributed by atoms with Crippen molar-refractivity contribution >= 4 is 29.4 Å². The van der Waals surface area contributed by atoms with E-state index < -0.39 is 12.8 Å². The second kappa shape index (κ2) is 12.4. The highest BCUT2D eigenvalue weighted by molar-refractivity contribution is 7.99. The van der Waals surface area contributed by atoms with Gasteiger partial charge >= 0.3 is 6.18 Å². The summed E-state index contributed by atoms with van der Waals surface area (Å²) < 4.78 is 48.6. The van der Waals surface area contributed by atoms with Crippen molar-refractivity contribution in [2.75, 3.05) is 37.1 Å². The van der Waals surface area contributed by atoms with Crippen LogP contribution >= 0.6 is 11.8 Å². The first-order chi connectivity index (χ1) is 18.2. The van der Waals surface area contributed by atoms with Crippen molar-refractivity contribution in [3.05, 3.63) is 40.6 Å². The number of aryl methyl sites for hydroxylation is 2. The normalized spacial score (nSPS) is 17.2. The van der Waals surface area contributed by atoms with Crippen LogP contribution in [-0.2, 0) is 28.9 Å². The maximum atomic E-state index is 13.3. The van der Waals surface area contributed by atoms with Crippen LogP contribution in [0.1, 0.15) is 59.4 Å². The van der Waals surface area contributed by atoms with Crippen molar-refractivity contribution in [2.45, 2.75) is 57.8 Å². The number of amides is 2. The van der Waals surface area contributed by atoms with E-state index in [1.54, 1.807) is 10.7 Å².